The molecule has 0 unspecified atom stereocenters. The molecule has 0 atom stereocenters. The highest BCUT2D eigenvalue weighted by Crippen LogP contribution is 2.23. The molecule has 0 spiro atoms. The van der Waals surface area contributed by atoms with E-state index in [1.807, 2.05) is 6.92 Å². The molecule has 2 amide bonds. The first-order valence-corrected chi connectivity index (χ1v) is 8.83. The van der Waals surface area contributed by atoms with E-state index in [9.17, 15) is 14.4 Å². The highest BCUT2D eigenvalue weighted by Gasteiger charge is 2.30. The van der Waals surface area contributed by atoms with Crippen molar-refractivity contribution in [2.75, 3.05) is 26.2 Å². The molecule has 138 valence electrons. The molecule has 2 heterocycles. The van der Waals surface area contributed by atoms with Crippen molar-refractivity contribution in [1.29, 1.82) is 0 Å². The maximum absolute atomic E-state index is 12.8. The minimum Gasteiger partial charge on any atom is -0.462 e. The lowest BCUT2D eigenvalue weighted by molar-refractivity contribution is -0.126. The molecule has 1 fully saturated rings. The van der Waals surface area contributed by atoms with Crippen molar-refractivity contribution in [2.24, 2.45) is 5.92 Å². The first kappa shape index (κ1) is 19.0. The van der Waals surface area contributed by atoms with Gasteiger partial charge in [0.25, 0.3) is 5.91 Å². The quantitative estimate of drug-likeness (QED) is 0.793. The van der Waals surface area contributed by atoms with Gasteiger partial charge in [-0.15, -0.1) is 0 Å². The topological polar surface area (TPSA) is 91.5 Å². The number of aryl methyl sites for hydroxylation is 1. The average molecular weight is 349 g/mol. The summed E-state index contributed by atoms with van der Waals surface area (Å²) in [6.45, 7) is 9.14. The lowest BCUT2D eigenvalue weighted by atomic mass is 9.95. The first-order chi connectivity index (χ1) is 11.9. The number of nitrogens with zero attached hydrogens (tertiary/aromatic N) is 1. The summed E-state index contributed by atoms with van der Waals surface area (Å²) in [6.07, 6.45) is 1.31. The van der Waals surface area contributed by atoms with Gasteiger partial charge in [0.05, 0.1) is 12.2 Å². The Hall–Kier alpha value is -2.31. The summed E-state index contributed by atoms with van der Waals surface area (Å²) < 4.78 is 5.06. The first-order valence-electron chi connectivity index (χ1n) is 8.83. The van der Waals surface area contributed by atoms with E-state index in [2.05, 4.69) is 10.3 Å². The molecule has 1 aliphatic heterocycles. The van der Waals surface area contributed by atoms with Crippen LogP contribution in [0.2, 0.25) is 0 Å². The molecule has 7 nitrogen and oxygen atoms in total. The summed E-state index contributed by atoms with van der Waals surface area (Å²) in [5.41, 5.74) is 2.11. The number of likely N-dealkylation sites (tertiary alicyclic amines) is 1. The summed E-state index contributed by atoms with van der Waals surface area (Å²) in [6, 6.07) is 0. The largest absolute Gasteiger partial charge is 0.462 e. The number of aromatic nitrogens is 1. The van der Waals surface area contributed by atoms with Gasteiger partial charge in [0.15, 0.2) is 0 Å². The van der Waals surface area contributed by atoms with Crippen LogP contribution in [0.1, 0.15) is 58.8 Å². The molecular weight excluding hydrogens is 322 g/mol. The van der Waals surface area contributed by atoms with Crippen molar-refractivity contribution < 1.29 is 19.1 Å². The van der Waals surface area contributed by atoms with Crippen molar-refractivity contribution in [3.8, 4) is 0 Å². The van der Waals surface area contributed by atoms with Crippen molar-refractivity contribution in [2.45, 2.75) is 40.5 Å². The van der Waals surface area contributed by atoms with Gasteiger partial charge in [-0.05, 0) is 46.1 Å². The molecule has 0 bridgehead atoms. The van der Waals surface area contributed by atoms with E-state index in [0.717, 1.165) is 0 Å². The zero-order valence-electron chi connectivity index (χ0n) is 15.4. The van der Waals surface area contributed by atoms with Gasteiger partial charge < -0.3 is 19.9 Å². The second-order valence-corrected chi connectivity index (χ2v) is 6.31. The maximum atomic E-state index is 12.8. The minimum atomic E-state index is -0.414. The number of carbonyl (C=O) groups excluding carboxylic acids is 3. The predicted octanol–water partition coefficient (Wildman–Crippen LogP) is 1.80. The molecule has 0 aliphatic carbocycles. The number of carbonyl (C=O) groups is 3. The van der Waals surface area contributed by atoms with Gasteiger partial charge in [-0.3, -0.25) is 9.59 Å². The van der Waals surface area contributed by atoms with Crippen LogP contribution < -0.4 is 5.32 Å². The predicted molar refractivity (Wildman–Crippen MR) is 93.5 cm³/mol. The van der Waals surface area contributed by atoms with Crippen molar-refractivity contribution in [3.05, 3.63) is 22.5 Å². The zero-order chi connectivity index (χ0) is 18.6. The fourth-order valence-electron chi connectivity index (χ4n) is 3.29. The number of hydrogen-bond donors (Lipinski definition) is 2. The van der Waals surface area contributed by atoms with Crippen LogP contribution in [-0.4, -0.2) is 53.9 Å². The minimum absolute atomic E-state index is 0.0365. The van der Waals surface area contributed by atoms with Crippen LogP contribution in [0.5, 0.6) is 0 Å². The number of rotatable bonds is 5. The highest BCUT2D eigenvalue weighted by atomic mass is 16.5. The SMILES string of the molecule is CCNC(=O)C1CCN(C(=O)c2[nH]c(C)c(C(=O)OCC)c2C)CC1. The molecule has 0 saturated carbocycles. The van der Waals surface area contributed by atoms with Gasteiger partial charge in [-0.25, -0.2) is 4.79 Å². The number of esters is 1. The highest BCUT2D eigenvalue weighted by molar-refractivity contribution is 6.00. The van der Waals surface area contributed by atoms with Crippen molar-refractivity contribution in [3.63, 3.8) is 0 Å². The van der Waals surface area contributed by atoms with E-state index in [4.69, 9.17) is 4.74 Å². The van der Waals surface area contributed by atoms with Gasteiger partial charge in [0.1, 0.15) is 5.69 Å². The number of hydrogen-bond acceptors (Lipinski definition) is 4. The van der Waals surface area contributed by atoms with Crippen LogP contribution in [0.15, 0.2) is 0 Å². The summed E-state index contributed by atoms with van der Waals surface area (Å²) >= 11 is 0. The number of H-pyrrole nitrogens is 1. The maximum Gasteiger partial charge on any atom is 0.340 e. The Bertz CT molecular complexity index is 658. The second-order valence-electron chi connectivity index (χ2n) is 6.31. The normalized spacial score (nSPS) is 15.1. The Balaban J connectivity index is 2.08. The molecular formula is C18H27N3O4. The van der Waals surface area contributed by atoms with Crippen molar-refractivity contribution >= 4 is 17.8 Å². The molecule has 1 aromatic heterocycles. The molecule has 25 heavy (non-hydrogen) atoms. The summed E-state index contributed by atoms with van der Waals surface area (Å²) in [4.78, 5) is 41.6. The van der Waals surface area contributed by atoms with Gasteiger partial charge in [-0.1, -0.05) is 0 Å². The number of amides is 2. The van der Waals surface area contributed by atoms with Crippen molar-refractivity contribution in [1.82, 2.24) is 15.2 Å². The average Bonchev–Trinajstić information content (AvgIpc) is 2.89. The fourth-order valence-corrected chi connectivity index (χ4v) is 3.29. The summed E-state index contributed by atoms with van der Waals surface area (Å²) in [5, 5.41) is 2.84. The van der Waals surface area contributed by atoms with E-state index in [-0.39, 0.29) is 17.7 Å². The molecule has 0 radical (unpaired) electrons. The second kappa shape index (κ2) is 8.18. The van der Waals surface area contributed by atoms with Crippen LogP contribution in [0.25, 0.3) is 0 Å². The molecule has 2 rings (SSSR count). The van der Waals surface area contributed by atoms with E-state index in [1.54, 1.807) is 25.7 Å². The van der Waals surface area contributed by atoms with E-state index >= 15 is 0 Å². The van der Waals surface area contributed by atoms with E-state index in [1.165, 1.54) is 0 Å². The smallest absolute Gasteiger partial charge is 0.340 e. The number of nitrogens with one attached hydrogen (secondary N) is 2. The van der Waals surface area contributed by atoms with Gasteiger partial charge in [0.2, 0.25) is 5.91 Å². The van der Waals surface area contributed by atoms with Crippen LogP contribution in [-0.2, 0) is 9.53 Å². The van der Waals surface area contributed by atoms with E-state index < -0.39 is 5.97 Å². The fraction of sp³-hybridized carbons (Fsp3) is 0.611. The zero-order valence-corrected chi connectivity index (χ0v) is 15.4. The van der Waals surface area contributed by atoms with Gasteiger partial charge >= 0.3 is 5.97 Å². The number of piperidine rings is 1. The van der Waals surface area contributed by atoms with Crippen LogP contribution in [0.3, 0.4) is 0 Å². The third-order valence-electron chi connectivity index (χ3n) is 4.63. The molecule has 1 aromatic rings. The van der Waals surface area contributed by atoms with Crippen LogP contribution in [0, 0.1) is 19.8 Å². The molecule has 1 aliphatic rings. The third kappa shape index (κ3) is 4.03. The Kier molecular flexibility index (Phi) is 6.22. The number of aromatic amines is 1. The molecule has 7 heteroatoms. The Morgan fingerprint density at radius 3 is 2.40 bits per heavy atom. The lowest BCUT2D eigenvalue weighted by Crippen LogP contribution is -2.43. The van der Waals surface area contributed by atoms with Gasteiger partial charge in [0, 0.05) is 31.2 Å². The summed E-state index contributed by atoms with van der Waals surface area (Å²) in [5.74, 6) is -0.523. The monoisotopic (exact) mass is 349 g/mol. The Labute approximate surface area is 148 Å². The lowest BCUT2D eigenvalue weighted by Gasteiger charge is -2.31. The Morgan fingerprint density at radius 1 is 1.20 bits per heavy atom. The van der Waals surface area contributed by atoms with Crippen LogP contribution in [0.4, 0.5) is 0 Å². The third-order valence-corrected chi connectivity index (χ3v) is 4.63. The molecule has 0 aromatic carbocycles. The molecule has 1 saturated heterocycles. The van der Waals surface area contributed by atoms with Crippen LogP contribution >= 0.6 is 0 Å². The Morgan fingerprint density at radius 2 is 1.84 bits per heavy atom. The number of ether oxygens (including phenoxy) is 1. The van der Waals surface area contributed by atoms with E-state index in [0.29, 0.717) is 61.6 Å². The van der Waals surface area contributed by atoms with Gasteiger partial charge in [-0.2, -0.15) is 0 Å². The molecule has 2 N–H and O–H groups in total. The summed E-state index contributed by atoms with van der Waals surface area (Å²) in [7, 11) is 0. The standard InChI is InChI=1S/C18H27N3O4/c1-5-19-16(22)13-7-9-21(10-8-13)17(23)15-11(3)14(12(4)20-15)18(24)25-6-2/h13,20H,5-10H2,1-4H3,(H,19,22).